The molecule has 0 fully saturated rings. The minimum atomic E-state index is -0.561. The molecule has 2 aromatic rings. The van der Waals surface area contributed by atoms with Gasteiger partial charge in [0.25, 0.3) is 0 Å². The first-order valence-corrected chi connectivity index (χ1v) is 9.18. The van der Waals surface area contributed by atoms with E-state index in [1.54, 1.807) is 55.4 Å². The summed E-state index contributed by atoms with van der Waals surface area (Å²) in [4.78, 5) is 30.2. The lowest BCUT2D eigenvalue weighted by Crippen LogP contribution is -2.43. The minimum absolute atomic E-state index is 0.0234. The number of hydrogen-bond acceptors (Lipinski definition) is 4. The van der Waals surface area contributed by atoms with Gasteiger partial charge in [0.05, 0.1) is 23.3 Å². The Bertz CT molecular complexity index is 802. The number of hydrogen-bond donors (Lipinski definition) is 2. The van der Waals surface area contributed by atoms with E-state index in [1.807, 2.05) is 0 Å². The third-order valence-electron chi connectivity index (χ3n) is 3.61. The van der Waals surface area contributed by atoms with Crippen molar-refractivity contribution in [1.82, 2.24) is 9.88 Å². The number of amides is 2. The van der Waals surface area contributed by atoms with Gasteiger partial charge in [-0.3, -0.25) is 14.5 Å². The maximum Gasteiger partial charge on any atom is 0.241 e. The van der Waals surface area contributed by atoms with E-state index in [9.17, 15) is 9.59 Å². The Morgan fingerprint density at radius 3 is 2.62 bits per heavy atom. The number of aromatic nitrogens is 1. The summed E-state index contributed by atoms with van der Waals surface area (Å²) in [6.45, 7) is 1.72. The molecule has 0 aliphatic carbocycles. The number of pyridine rings is 1. The van der Waals surface area contributed by atoms with Gasteiger partial charge >= 0.3 is 0 Å². The van der Waals surface area contributed by atoms with Crippen molar-refractivity contribution in [2.45, 2.75) is 13.0 Å². The number of anilines is 2. The normalized spacial score (nSPS) is 11.9. The van der Waals surface area contributed by atoms with Crippen LogP contribution in [0, 0.1) is 0 Å². The Kier molecular flexibility index (Phi) is 7.40. The molecule has 2 N–H and O–H groups in total. The van der Waals surface area contributed by atoms with E-state index in [1.165, 1.54) is 0 Å². The maximum absolute atomic E-state index is 12.4. The summed E-state index contributed by atoms with van der Waals surface area (Å²) < 4.78 is 0.817. The molecule has 0 spiro atoms. The third-order valence-corrected chi connectivity index (χ3v) is 4.65. The molecule has 1 atom stereocenters. The van der Waals surface area contributed by atoms with Crippen LogP contribution in [0.1, 0.15) is 6.92 Å². The third kappa shape index (κ3) is 5.95. The molecule has 0 bridgehead atoms. The molecule has 0 radical (unpaired) electrons. The molecule has 26 heavy (non-hydrogen) atoms. The lowest BCUT2D eigenvalue weighted by Gasteiger charge is -2.23. The number of carbonyl (C=O) groups is 2. The Morgan fingerprint density at radius 1 is 1.23 bits per heavy atom. The lowest BCUT2D eigenvalue weighted by atomic mass is 10.2. The van der Waals surface area contributed by atoms with E-state index in [-0.39, 0.29) is 18.4 Å². The van der Waals surface area contributed by atoms with E-state index in [2.05, 4.69) is 31.5 Å². The summed E-state index contributed by atoms with van der Waals surface area (Å²) in [5.41, 5.74) is 0.424. The smallest absolute Gasteiger partial charge is 0.241 e. The van der Waals surface area contributed by atoms with E-state index < -0.39 is 6.04 Å². The first-order chi connectivity index (χ1) is 12.3. The fourth-order valence-electron chi connectivity index (χ4n) is 2.03. The molecule has 6 nitrogen and oxygen atoms in total. The summed E-state index contributed by atoms with van der Waals surface area (Å²) in [5, 5.41) is 6.24. The van der Waals surface area contributed by atoms with Crippen LogP contribution in [0.2, 0.25) is 10.0 Å². The molecule has 138 valence electrons. The van der Waals surface area contributed by atoms with Crippen LogP contribution in [0.15, 0.2) is 41.0 Å². The standard InChI is InChI=1S/C17H17BrCl2N4O2/c1-10(17(26)22-14-7-12(19)4-5-13(14)20)24(2)9-16(25)23-15-6-3-11(18)8-21-15/h3-8,10H,9H2,1-2H3,(H,22,26)(H,21,23,25). The zero-order valence-corrected chi connectivity index (χ0v) is 17.2. The van der Waals surface area contributed by atoms with Crippen LogP contribution in [0.3, 0.4) is 0 Å². The van der Waals surface area contributed by atoms with Crippen LogP contribution in [0.4, 0.5) is 11.5 Å². The highest BCUT2D eigenvalue weighted by Gasteiger charge is 2.21. The molecule has 0 aliphatic heterocycles. The number of halogens is 3. The van der Waals surface area contributed by atoms with Gasteiger partial charge < -0.3 is 10.6 Å². The van der Waals surface area contributed by atoms with Crippen LogP contribution >= 0.6 is 39.1 Å². The zero-order chi connectivity index (χ0) is 19.3. The van der Waals surface area contributed by atoms with Crippen molar-refractivity contribution in [1.29, 1.82) is 0 Å². The molecule has 2 amide bonds. The molecule has 1 aromatic heterocycles. The number of nitrogens with one attached hydrogen (secondary N) is 2. The topological polar surface area (TPSA) is 74.3 Å². The van der Waals surface area contributed by atoms with Gasteiger partial charge in [0.2, 0.25) is 11.8 Å². The van der Waals surface area contributed by atoms with Gasteiger partial charge in [0.1, 0.15) is 5.82 Å². The SMILES string of the molecule is CC(C(=O)Nc1cc(Cl)ccc1Cl)N(C)CC(=O)Nc1ccc(Br)cn1. The molecule has 1 unspecified atom stereocenters. The number of nitrogens with zero attached hydrogens (tertiary/aromatic N) is 2. The lowest BCUT2D eigenvalue weighted by molar-refractivity contribution is -0.122. The highest BCUT2D eigenvalue weighted by molar-refractivity contribution is 9.10. The van der Waals surface area contributed by atoms with E-state index in [0.717, 1.165) is 4.47 Å². The summed E-state index contributed by atoms with van der Waals surface area (Å²) in [5.74, 6) is -0.136. The zero-order valence-electron chi connectivity index (χ0n) is 14.1. The molecule has 9 heteroatoms. The van der Waals surface area contributed by atoms with E-state index in [4.69, 9.17) is 23.2 Å². The number of rotatable bonds is 6. The van der Waals surface area contributed by atoms with Gasteiger partial charge in [-0.15, -0.1) is 0 Å². The van der Waals surface area contributed by atoms with Gasteiger partial charge in [-0.25, -0.2) is 4.98 Å². The monoisotopic (exact) mass is 458 g/mol. The average Bonchev–Trinajstić information content (AvgIpc) is 2.59. The van der Waals surface area contributed by atoms with E-state index >= 15 is 0 Å². The molecule has 0 saturated carbocycles. The van der Waals surface area contributed by atoms with Crippen molar-refractivity contribution < 1.29 is 9.59 Å². The molecule has 0 aliphatic rings. The number of carbonyl (C=O) groups excluding carboxylic acids is 2. The van der Waals surface area contributed by atoms with Crippen LogP contribution in [-0.2, 0) is 9.59 Å². The molecule has 1 heterocycles. The van der Waals surface area contributed by atoms with Crippen molar-refractivity contribution in [2.75, 3.05) is 24.2 Å². The Hall–Kier alpha value is -1.67. The van der Waals surface area contributed by atoms with Gasteiger partial charge in [0, 0.05) is 15.7 Å². The van der Waals surface area contributed by atoms with Gasteiger partial charge in [0.15, 0.2) is 0 Å². The van der Waals surface area contributed by atoms with Crippen molar-refractivity contribution >= 4 is 62.5 Å². The second kappa shape index (κ2) is 9.32. The molecular formula is C17H17BrCl2N4O2. The Labute approximate surface area is 170 Å². The highest BCUT2D eigenvalue weighted by Crippen LogP contribution is 2.25. The maximum atomic E-state index is 12.4. The first kappa shape index (κ1) is 20.6. The molecular weight excluding hydrogens is 443 g/mol. The van der Waals surface area contributed by atoms with Gasteiger partial charge in [-0.1, -0.05) is 23.2 Å². The number of benzene rings is 1. The summed E-state index contributed by atoms with van der Waals surface area (Å²) >= 11 is 15.2. The first-order valence-electron chi connectivity index (χ1n) is 7.64. The average molecular weight is 460 g/mol. The molecule has 1 aromatic carbocycles. The Morgan fingerprint density at radius 2 is 1.96 bits per heavy atom. The largest absolute Gasteiger partial charge is 0.323 e. The van der Waals surface area contributed by atoms with Crippen molar-refractivity contribution in [2.24, 2.45) is 0 Å². The van der Waals surface area contributed by atoms with E-state index in [0.29, 0.717) is 21.6 Å². The second-order valence-electron chi connectivity index (χ2n) is 5.61. The molecule has 2 rings (SSSR count). The summed E-state index contributed by atoms with van der Waals surface area (Å²) in [6, 6.07) is 7.70. The fourth-order valence-corrected chi connectivity index (χ4v) is 2.60. The predicted molar refractivity (Wildman–Crippen MR) is 108 cm³/mol. The molecule has 0 saturated heterocycles. The summed E-state index contributed by atoms with van der Waals surface area (Å²) in [7, 11) is 1.68. The highest BCUT2D eigenvalue weighted by atomic mass is 79.9. The van der Waals surface area contributed by atoms with Crippen molar-refractivity contribution in [3.63, 3.8) is 0 Å². The fraction of sp³-hybridized carbons (Fsp3) is 0.235. The number of likely N-dealkylation sites (N-methyl/N-ethyl adjacent to an activating group) is 1. The summed E-state index contributed by atoms with van der Waals surface area (Å²) in [6.07, 6.45) is 1.59. The van der Waals surface area contributed by atoms with Gasteiger partial charge in [-0.05, 0) is 60.2 Å². The second-order valence-corrected chi connectivity index (χ2v) is 7.37. The Balaban J connectivity index is 1.92. The van der Waals surface area contributed by atoms with Crippen LogP contribution in [0.25, 0.3) is 0 Å². The quantitative estimate of drug-likeness (QED) is 0.683. The van der Waals surface area contributed by atoms with Crippen molar-refractivity contribution in [3.05, 3.63) is 51.0 Å². The van der Waals surface area contributed by atoms with Crippen LogP contribution in [-0.4, -0.2) is 41.3 Å². The van der Waals surface area contributed by atoms with Crippen molar-refractivity contribution in [3.8, 4) is 0 Å². The van der Waals surface area contributed by atoms with Crippen LogP contribution < -0.4 is 10.6 Å². The van der Waals surface area contributed by atoms with Gasteiger partial charge in [-0.2, -0.15) is 0 Å². The van der Waals surface area contributed by atoms with Crippen LogP contribution in [0.5, 0.6) is 0 Å². The minimum Gasteiger partial charge on any atom is -0.323 e. The predicted octanol–water partition coefficient (Wildman–Crippen LogP) is 4.05.